The lowest BCUT2D eigenvalue weighted by molar-refractivity contribution is 0.180. The summed E-state index contributed by atoms with van der Waals surface area (Å²) >= 11 is 0. The van der Waals surface area contributed by atoms with E-state index in [1.54, 1.807) is 0 Å². The summed E-state index contributed by atoms with van der Waals surface area (Å²) in [4.78, 5) is 0. The van der Waals surface area contributed by atoms with Crippen molar-refractivity contribution in [2.75, 3.05) is 0 Å². The lowest BCUT2D eigenvalue weighted by Crippen LogP contribution is -2.56. The SMILES string of the molecule is C/C=C/[C@@](C)(O)[Si](C)(C)C(C)(C)C. The molecular weight excluding hydrogens is 176 g/mol. The van der Waals surface area contributed by atoms with E-state index in [-0.39, 0.29) is 5.04 Å². The summed E-state index contributed by atoms with van der Waals surface area (Å²) in [7, 11) is -1.68. The van der Waals surface area contributed by atoms with Gasteiger partial charge in [0.1, 0.15) is 0 Å². The molecule has 0 aliphatic carbocycles. The van der Waals surface area contributed by atoms with Crippen LogP contribution in [0.2, 0.25) is 18.1 Å². The van der Waals surface area contributed by atoms with Crippen LogP contribution in [0.15, 0.2) is 12.2 Å². The summed E-state index contributed by atoms with van der Waals surface area (Å²) in [5.41, 5.74) is 0. The molecule has 2 heteroatoms. The van der Waals surface area contributed by atoms with Gasteiger partial charge in [0.05, 0.1) is 13.3 Å². The maximum atomic E-state index is 10.4. The fraction of sp³-hybridized carbons (Fsp3) is 0.818. The first-order valence-corrected chi connectivity index (χ1v) is 7.92. The van der Waals surface area contributed by atoms with E-state index in [0.29, 0.717) is 0 Å². The van der Waals surface area contributed by atoms with Gasteiger partial charge in [0.15, 0.2) is 0 Å². The minimum atomic E-state index is -1.68. The number of aliphatic hydroxyl groups is 1. The molecule has 1 atom stereocenters. The molecule has 0 rings (SSSR count). The first kappa shape index (κ1) is 12.9. The van der Waals surface area contributed by atoms with Crippen LogP contribution in [0.5, 0.6) is 0 Å². The minimum Gasteiger partial charge on any atom is -0.390 e. The summed E-state index contributed by atoms with van der Waals surface area (Å²) in [6.07, 6.45) is 3.88. The molecule has 0 amide bonds. The van der Waals surface area contributed by atoms with Crippen molar-refractivity contribution in [3.8, 4) is 0 Å². The van der Waals surface area contributed by atoms with Crippen LogP contribution in [0.1, 0.15) is 34.6 Å². The van der Waals surface area contributed by atoms with Crippen LogP contribution >= 0.6 is 0 Å². The molecule has 0 aromatic heterocycles. The van der Waals surface area contributed by atoms with Crippen molar-refractivity contribution in [3.63, 3.8) is 0 Å². The zero-order valence-corrected chi connectivity index (χ0v) is 11.1. The number of hydrogen-bond donors (Lipinski definition) is 1. The molecule has 0 aromatic rings. The van der Waals surface area contributed by atoms with Crippen LogP contribution in [-0.4, -0.2) is 18.4 Å². The van der Waals surface area contributed by atoms with E-state index < -0.39 is 13.3 Å². The van der Waals surface area contributed by atoms with E-state index in [4.69, 9.17) is 0 Å². The third-order valence-corrected chi connectivity index (χ3v) is 10.1. The summed E-state index contributed by atoms with van der Waals surface area (Å²) in [6, 6.07) is 0. The predicted octanol–water partition coefficient (Wildman–Crippen LogP) is 3.36. The zero-order chi connectivity index (χ0) is 10.9. The molecule has 1 N–H and O–H groups in total. The standard InChI is InChI=1S/C11H24OSi/c1-8-9-11(5,12)13(6,7)10(2,3)4/h8-9,12H,1-7H3/b9-8+/t11-/m0/s1. The first-order chi connectivity index (χ1) is 5.56. The Kier molecular flexibility index (Phi) is 3.56. The molecule has 0 heterocycles. The molecule has 0 fully saturated rings. The van der Waals surface area contributed by atoms with Crippen molar-refractivity contribution in [2.45, 2.75) is 58.0 Å². The second kappa shape index (κ2) is 3.58. The van der Waals surface area contributed by atoms with E-state index in [1.807, 2.05) is 26.0 Å². The van der Waals surface area contributed by atoms with Gasteiger partial charge in [-0.25, -0.2) is 0 Å². The Labute approximate surface area is 83.9 Å². The Morgan fingerprint density at radius 3 is 1.69 bits per heavy atom. The molecular formula is C11H24OSi. The predicted molar refractivity (Wildman–Crippen MR) is 62.6 cm³/mol. The average Bonchev–Trinajstić information content (AvgIpc) is 1.84. The molecule has 78 valence electrons. The minimum absolute atomic E-state index is 0.218. The molecule has 0 aliphatic heterocycles. The largest absolute Gasteiger partial charge is 0.390 e. The Morgan fingerprint density at radius 1 is 1.08 bits per heavy atom. The molecule has 13 heavy (non-hydrogen) atoms. The monoisotopic (exact) mass is 200 g/mol. The highest BCUT2D eigenvalue weighted by Gasteiger charge is 2.47. The molecule has 1 nitrogen and oxygen atoms in total. The van der Waals surface area contributed by atoms with E-state index >= 15 is 0 Å². The van der Waals surface area contributed by atoms with Gasteiger partial charge < -0.3 is 5.11 Å². The highest BCUT2D eigenvalue weighted by molar-refractivity contribution is 6.83. The zero-order valence-electron chi connectivity index (χ0n) is 10.1. The van der Waals surface area contributed by atoms with E-state index in [2.05, 4.69) is 33.9 Å². The second-order valence-corrected chi connectivity index (χ2v) is 11.3. The Hall–Kier alpha value is -0.0831. The topological polar surface area (TPSA) is 20.2 Å². The van der Waals surface area contributed by atoms with Crippen LogP contribution in [-0.2, 0) is 0 Å². The van der Waals surface area contributed by atoms with E-state index in [0.717, 1.165) is 0 Å². The molecule has 0 saturated carbocycles. The molecule has 0 radical (unpaired) electrons. The Morgan fingerprint density at radius 2 is 1.46 bits per heavy atom. The van der Waals surface area contributed by atoms with Gasteiger partial charge in [-0.3, -0.25) is 0 Å². The average molecular weight is 200 g/mol. The Bertz CT molecular complexity index is 197. The van der Waals surface area contributed by atoms with Crippen LogP contribution in [0.25, 0.3) is 0 Å². The summed E-state index contributed by atoms with van der Waals surface area (Å²) < 4.78 is 0. The lowest BCUT2D eigenvalue weighted by Gasteiger charge is -2.46. The molecule has 0 aromatic carbocycles. The fourth-order valence-corrected chi connectivity index (χ4v) is 3.39. The van der Waals surface area contributed by atoms with Gasteiger partial charge in [-0.05, 0) is 18.9 Å². The Balaban J connectivity index is 5.03. The lowest BCUT2D eigenvalue weighted by atomic mass is 10.2. The van der Waals surface area contributed by atoms with Gasteiger partial charge in [0.25, 0.3) is 0 Å². The highest BCUT2D eigenvalue weighted by Crippen LogP contribution is 2.42. The number of allylic oxidation sites excluding steroid dienone is 1. The third-order valence-electron chi connectivity index (χ3n) is 3.63. The third kappa shape index (κ3) is 2.44. The van der Waals surface area contributed by atoms with Crippen LogP contribution in [0.3, 0.4) is 0 Å². The summed E-state index contributed by atoms with van der Waals surface area (Å²) in [5.74, 6) is 0. The quantitative estimate of drug-likeness (QED) is 0.535. The first-order valence-electron chi connectivity index (χ1n) is 4.92. The maximum absolute atomic E-state index is 10.4. The van der Waals surface area contributed by atoms with Gasteiger partial charge in [-0.15, -0.1) is 0 Å². The van der Waals surface area contributed by atoms with Gasteiger partial charge in [0.2, 0.25) is 0 Å². The van der Waals surface area contributed by atoms with Gasteiger partial charge in [-0.2, -0.15) is 0 Å². The fourth-order valence-electron chi connectivity index (χ4n) is 1.29. The van der Waals surface area contributed by atoms with Crippen molar-refractivity contribution < 1.29 is 5.11 Å². The number of hydrogen-bond acceptors (Lipinski definition) is 1. The second-order valence-electron chi connectivity index (χ2n) is 5.52. The van der Waals surface area contributed by atoms with E-state index in [9.17, 15) is 5.11 Å². The van der Waals surface area contributed by atoms with Crippen molar-refractivity contribution >= 4 is 8.07 Å². The van der Waals surface area contributed by atoms with Crippen molar-refractivity contribution in [2.24, 2.45) is 0 Å². The number of rotatable bonds is 2. The van der Waals surface area contributed by atoms with Crippen LogP contribution < -0.4 is 0 Å². The highest BCUT2D eigenvalue weighted by atomic mass is 28.3. The normalized spacial score (nSPS) is 19.1. The van der Waals surface area contributed by atoms with E-state index in [1.165, 1.54) is 0 Å². The van der Waals surface area contributed by atoms with Gasteiger partial charge in [-0.1, -0.05) is 46.0 Å². The summed E-state index contributed by atoms with van der Waals surface area (Å²) in [6.45, 7) is 15.0. The van der Waals surface area contributed by atoms with Gasteiger partial charge >= 0.3 is 0 Å². The van der Waals surface area contributed by atoms with Gasteiger partial charge in [0, 0.05) is 0 Å². The van der Waals surface area contributed by atoms with Crippen LogP contribution in [0.4, 0.5) is 0 Å². The maximum Gasteiger partial charge on any atom is 0.0949 e. The molecule has 0 unspecified atom stereocenters. The van der Waals surface area contributed by atoms with Crippen molar-refractivity contribution in [1.29, 1.82) is 0 Å². The smallest absolute Gasteiger partial charge is 0.0949 e. The molecule has 0 aliphatic rings. The van der Waals surface area contributed by atoms with Crippen LogP contribution in [0, 0.1) is 0 Å². The van der Waals surface area contributed by atoms with Crippen molar-refractivity contribution in [3.05, 3.63) is 12.2 Å². The molecule has 0 saturated heterocycles. The molecule has 0 bridgehead atoms. The molecule has 0 spiro atoms. The summed E-state index contributed by atoms with van der Waals surface area (Å²) in [5, 5.41) is 9.96. The van der Waals surface area contributed by atoms with Crippen molar-refractivity contribution in [1.82, 2.24) is 0 Å².